The summed E-state index contributed by atoms with van der Waals surface area (Å²) in [5.41, 5.74) is 2.42. The van der Waals surface area contributed by atoms with Gasteiger partial charge in [0.2, 0.25) is 0 Å². The summed E-state index contributed by atoms with van der Waals surface area (Å²) in [5, 5.41) is 2.55. The molecule has 7 heteroatoms. The minimum absolute atomic E-state index is 0.00376. The van der Waals surface area contributed by atoms with E-state index in [-0.39, 0.29) is 24.2 Å². The second-order valence-electron chi connectivity index (χ2n) is 6.83. The number of benzene rings is 1. The van der Waals surface area contributed by atoms with Crippen LogP contribution in [0.2, 0.25) is 0 Å². The maximum absolute atomic E-state index is 14.4. The molecule has 1 aliphatic heterocycles. The summed E-state index contributed by atoms with van der Waals surface area (Å²) in [7, 11) is 0. The Labute approximate surface area is 151 Å². The number of imide groups is 1. The molecule has 1 aromatic carbocycles. The van der Waals surface area contributed by atoms with E-state index < -0.39 is 12.1 Å². The van der Waals surface area contributed by atoms with Gasteiger partial charge in [0.05, 0.1) is 12.2 Å². The van der Waals surface area contributed by atoms with Crippen LogP contribution in [-0.4, -0.2) is 33.4 Å². The number of urea groups is 1. The summed E-state index contributed by atoms with van der Waals surface area (Å²) in [5.74, 6) is -0.125. The summed E-state index contributed by atoms with van der Waals surface area (Å²) in [4.78, 5) is 33.4. The number of aromatic amines is 1. The normalized spacial score (nSPS) is 16.7. The lowest BCUT2D eigenvalue weighted by Crippen LogP contribution is -2.38. The first-order chi connectivity index (χ1) is 12.3. The van der Waals surface area contributed by atoms with Gasteiger partial charge in [0.1, 0.15) is 17.7 Å². The van der Waals surface area contributed by atoms with Gasteiger partial charge in [-0.25, -0.2) is 14.2 Å². The largest absolute Gasteiger partial charge is 0.344 e. The van der Waals surface area contributed by atoms with E-state index in [1.807, 2.05) is 33.8 Å². The first-order valence-corrected chi connectivity index (χ1v) is 8.76. The zero-order valence-electron chi connectivity index (χ0n) is 15.4. The molecule has 2 atom stereocenters. The molecule has 1 unspecified atom stereocenters. The van der Waals surface area contributed by atoms with Crippen LogP contribution in [0.15, 0.2) is 18.2 Å². The molecule has 1 aromatic heterocycles. The first-order valence-electron chi connectivity index (χ1n) is 8.76. The third kappa shape index (κ3) is 3.09. The van der Waals surface area contributed by atoms with Crippen LogP contribution >= 0.6 is 0 Å². The fraction of sp³-hybridized carbons (Fsp3) is 0.421. The molecule has 6 nitrogen and oxygen atoms in total. The molecule has 0 spiro atoms. The monoisotopic (exact) mass is 358 g/mol. The topological polar surface area (TPSA) is 78.1 Å². The lowest BCUT2D eigenvalue weighted by atomic mass is 9.97. The van der Waals surface area contributed by atoms with E-state index >= 15 is 0 Å². The Morgan fingerprint density at radius 2 is 2.04 bits per heavy atom. The fourth-order valence-corrected chi connectivity index (χ4v) is 3.28. The van der Waals surface area contributed by atoms with Crippen LogP contribution in [0.4, 0.5) is 9.18 Å². The van der Waals surface area contributed by atoms with Crippen molar-refractivity contribution in [3.8, 4) is 11.3 Å². The van der Waals surface area contributed by atoms with Crippen molar-refractivity contribution in [2.45, 2.75) is 40.2 Å². The maximum atomic E-state index is 14.4. The van der Waals surface area contributed by atoms with Crippen molar-refractivity contribution in [2.24, 2.45) is 5.92 Å². The van der Waals surface area contributed by atoms with Crippen LogP contribution in [0.25, 0.3) is 11.3 Å². The summed E-state index contributed by atoms with van der Waals surface area (Å²) in [6.45, 7) is 7.59. The van der Waals surface area contributed by atoms with Gasteiger partial charge in [0.15, 0.2) is 0 Å². The first kappa shape index (κ1) is 18.1. The van der Waals surface area contributed by atoms with Gasteiger partial charge in [0.25, 0.3) is 5.91 Å². The number of nitrogens with zero attached hydrogens (tertiary/aromatic N) is 2. The Bertz CT molecular complexity index is 845. The van der Waals surface area contributed by atoms with Crippen molar-refractivity contribution >= 4 is 11.9 Å². The molecular weight excluding hydrogens is 335 g/mol. The van der Waals surface area contributed by atoms with E-state index in [9.17, 15) is 14.0 Å². The maximum Gasteiger partial charge on any atom is 0.325 e. The van der Waals surface area contributed by atoms with Gasteiger partial charge in [-0.1, -0.05) is 26.3 Å². The Morgan fingerprint density at radius 1 is 1.31 bits per heavy atom. The number of halogens is 1. The molecule has 2 aromatic rings. The highest BCUT2D eigenvalue weighted by molar-refractivity contribution is 6.02. The van der Waals surface area contributed by atoms with Gasteiger partial charge >= 0.3 is 6.03 Å². The van der Waals surface area contributed by atoms with Crippen molar-refractivity contribution < 1.29 is 14.0 Å². The second kappa shape index (κ2) is 6.90. The highest BCUT2D eigenvalue weighted by Gasteiger charge is 2.40. The quantitative estimate of drug-likeness (QED) is 0.804. The number of aryl methyl sites for hydroxylation is 2. The zero-order chi connectivity index (χ0) is 19.0. The van der Waals surface area contributed by atoms with Gasteiger partial charge in [-0.05, 0) is 37.5 Å². The summed E-state index contributed by atoms with van der Waals surface area (Å²) in [6, 6.07) is 4.06. The summed E-state index contributed by atoms with van der Waals surface area (Å²) >= 11 is 0. The minimum atomic E-state index is -0.518. The standard InChI is InChI=1S/C19H23FN4O2/c1-5-11(3)17(24-15(25)9-21-19(24)26)18-22-12(4)16(23-18)13-7-6-10(2)8-14(13)20/h6-8,11,17H,5,9H2,1-4H3,(H,21,26)(H,22,23)/t11?,17-/m0/s1. The number of hydrogen-bond donors (Lipinski definition) is 2. The average molecular weight is 358 g/mol. The summed E-state index contributed by atoms with van der Waals surface area (Å²) in [6.07, 6.45) is 0.760. The predicted octanol–water partition coefficient (Wildman–Crippen LogP) is 3.47. The van der Waals surface area contributed by atoms with Gasteiger partial charge < -0.3 is 10.3 Å². The molecule has 0 saturated carbocycles. The molecule has 138 valence electrons. The van der Waals surface area contributed by atoms with Gasteiger partial charge in [-0.3, -0.25) is 9.69 Å². The molecule has 3 rings (SSSR count). The predicted molar refractivity (Wildman–Crippen MR) is 95.9 cm³/mol. The number of carbonyl (C=O) groups is 2. The molecule has 2 N–H and O–H groups in total. The van der Waals surface area contributed by atoms with Gasteiger partial charge in [-0.15, -0.1) is 0 Å². The Morgan fingerprint density at radius 3 is 2.62 bits per heavy atom. The van der Waals surface area contributed by atoms with Crippen molar-refractivity contribution in [1.29, 1.82) is 0 Å². The number of nitrogens with one attached hydrogen (secondary N) is 2. The molecule has 1 aliphatic rings. The highest BCUT2D eigenvalue weighted by Crippen LogP contribution is 2.34. The number of carbonyl (C=O) groups excluding carboxylic acids is 2. The average Bonchev–Trinajstić information content (AvgIpc) is 3.12. The Kier molecular flexibility index (Phi) is 4.80. The van der Waals surface area contributed by atoms with E-state index in [0.29, 0.717) is 22.8 Å². The highest BCUT2D eigenvalue weighted by atomic mass is 19.1. The SMILES string of the molecule is CCC(C)[C@@H](c1nc(-c2ccc(C)cc2F)c(C)[nH]1)N1C(=O)CNC1=O. The van der Waals surface area contributed by atoms with E-state index in [4.69, 9.17) is 0 Å². The Balaban J connectivity index is 2.06. The van der Waals surface area contributed by atoms with E-state index in [1.54, 1.807) is 6.07 Å². The molecule has 1 saturated heterocycles. The number of imidazole rings is 1. The zero-order valence-corrected chi connectivity index (χ0v) is 15.4. The van der Waals surface area contributed by atoms with Gasteiger partial charge in [0, 0.05) is 11.3 Å². The third-order valence-corrected chi connectivity index (χ3v) is 4.90. The second-order valence-corrected chi connectivity index (χ2v) is 6.83. The van der Waals surface area contributed by atoms with E-state index in [1.165, 1.54) is 11.0 Å². The smallest absolute Gasteiger partial charge is 0.325 e. The van der Waals surface area contributed by atoms with Crippen LogP contribution < -0.4 is 5.32 Å². The molecule has 0 radical (unpaired) electrons. The number of amides is 3. The number of rotatable bonds is 5. The third-order valence-electron chi connectivity index (χ3n) is 4.90. The summed E-state index contributed by atoms with van der Waals surface area (Å²) < 4.78 is 14.4. The van der Waals surface area contributed by atoms with E-state index in [2.05, 4.69) is 15.3 Å². The van der Waals surface area contributed by atoms with E-state index in [0.717, 1.165) is 12.0 Å². The number of hydrogen-bond acceptors (Lipinski definition) is 3. The number of aromatic nitrogens is 2. The van der Waals surface area contributed by atoms with Crippen LogP contribution in [0.1, 0.15) is 43.4 Å². The molecular formula is C19H23FN4O2. The van der Waals surface area contributed by atoms with Crippen molar-refractivity contribution in [3.05, 3.63) is 41.1 Å². The molecule has 0 bridgehead atoms. The molecule has 3 amide bonds. The van der Waals surface area contributed by atoms with Crippen molar-refractivity contribution in [3.63, 3.8) is 0 Å². The van der Waals surface area contributed by atoms with Crippen LogP contribution in [-0.2, 0) is 4.79 Å². The van der Waals surface area contributed by atoms with Crippen molar-refractivity contribution in [2.75, 3.05) is 6.54 Å². The molecule has 1 fully saturated rings. The van der Waals surface area contributed by atoms with Crippen LogP contribution in [0, 0.1) is 25.6 Å². The minimum Gasteiger partial charge on any atom is -0.344 e. The number of H-pyrrole nitrogens is 1. The lowest BCUT2D eigenvalue weighted by Gasteiger charge is -2.28. The van der Waals surface area contributed by atoms with Crippen molar-refractivity contribution in [1.82, 2.24) is 20.2 Å². The Hall–Kier alpha value is -2.70. The fourth-order valence-electron chi connectivity index (χ4n) is 3.28. The molecule has 0 aliphatic carbocycles. The lowest BCUT2D eigenvalue weighted by molar-refractivity contribution is -0.127. The molecule has 26 heavy (non-hydrogen) atoms. The van der Waals surface area contributed by atoms with Crippen LogP contribution in [0.3, 0.4) is 0 Å². The molecule has 2 heterocycles. The van der Waals surface area contributed by atoms with Gasteiger partial charge in [-0.2, -0.15) is 0 Å². The van der Waals surface area contributed by atoms with Crippen LogP contribution in [0.5, 0.6) is 0 Å².